The fraction of sp³-hybridized carbons (Fsp3) is 0.333. The summed E-state index contributed by atoms with van der Waals surface area (Å²) in [7, 11) is 0. The van der Waals surface area contributed by atoms with Gasteiger partial charge < -0.3 is 19.7 Å². The van der Waals surface area contributed by atoms with Crippen LogP contribution in [-0.4, -0.2) is 77.2 Å². The Bertz CT molecular complexity index is 1430. The highest BCUT2D eigenvalue weighted by Gasteiger charge is 2.46. The van der Waals surface area contributed by atoms with E-state index in [1.807, 2.05) is 30.3 Å². The minimum Gasteiger partial charge on any atom is -0.489 e. The maximum absolute atomic E-state index is 13.1. The van der Waals surface area contributed by atoms with Gasteiger partial charge >= 0.3 is 6.09 Å². The molecule has 12 heteroatoms. The van der Waals surface area contributed by atoms with Crippen LogP contribution in [0.3, 0.4) is 0 Å². The standard InChI is InChI=1S/C30H30N4O8/c35-24-12-11-22(27(37)32-24)34-28(38)21-8-4-9-23(26(21)29(34)39)41-17-5-10-25(36)33-15-13-20(14-16-33)31-30(40)42-18-19-6-2-1-3-7-19/h1-10,20,22H,11-18H2,(H,31,40)(H,32,35,37)/b10-5+. The quantitative estimate of drug-likeness (QED) is 0.359. The van der Waals surface area contributed by atoms with Gasteiger partial charge in [0.05, 0.1) is 11.1 Å². The van der Waals surface area contributed by atoms with Crippen LogP contribution in [0.4, 0.5) is 4.79 Å². The molecule has 42 heavy (non-hydrogen) atoms. The number of piperidine rings is 2. The number of imide groups is 2. The van der Waals surface area contributed by atoms with Gasteiger partial charge in [0.15, 0.2) is 0 Å². The minimum atomic E-state index is -1.07. The molecule has 0 aliphatic carbocycles. The largest absolute Gasteiger partial charge is 0.489 e. The normalized spacial score (nSPS) is 19.1. The molecule has 218 valence electrons. The van der Waals surface area contributed by atoms with E-state index in [9.17, 15) is 28.8 Å². The van der Waals surface area contributed by atoms with Crippen LogP contribution in [0.2, 0.25) is 0 Å². The van der Waals surface area contributed by atoms with E-state index in [1.165, 1.54) is 24.3 Å². The number of carbonyl (C=O) groups excluding carboxylic acids is 6. The molecule has 1 atom stereocenters. The molecule has 6 amide bonds. The number of likely N-dealkylation sites (tertiary alicyclic amines) is 1. The van der Waals surface area contributed by atoms with Crippen LogP contribution < -0.4 is 15.4 Å². The van der Waals surface area contributed by atoms with Crippen LogP contribution in [0.1, 0.15) is 52.0 Å². The molecule has 2 aromatic rings. The predicted octanol–water partition coefficient (Wildman–Crippen LogP) is 1.94. The van der Waals surface area contributed by atoms with Crippen LogP contribution in [0, 0.1) is 0 Å². The van der Waals surface area contributed by atoms with E-state index in [2.05, 4.69) is 10.6 Å². The van der Waals surface area contributed by atoms with Crippen LogP contribution in [0.5, 0.6) is 5.75 Å². The summed E-state index contributed by atoms with van der Waals surface area (Å²) >= 11 is 0. The summed E-state index contributed by atoms with van der Waals surface area (Å²) in [6, 6.07) is 12.8. The maximum atomic E-state index is 13.1. The number of amides is 6. The third kappa shape index (κ3) is 6.32. The van der Waals surface area contributed by atoms with Crippen molar-refractivity contribution in [3.8, 4) is 5.75 Å². The number of fused-ring (bicyclic) bond motifs is 1. The highest BCUT2D eigenvalue weighted by Crippen LogP contribution is 2.33. The molecule has 2 N–H and O–H groups in total. The van der Waals surface area contributed by atoms with Gasteiger partial charge in [-0.3, -0.25) is 34.2 Å². The predicted molar refractivity (Wildman–Crippen MR) is 147 cm³/mol. The van der Waals surface area contributed by atoms with Crippen molar-refractivity contribution in [3.05, 3.63) is 77.4 Å². The number of nitrogens with one attached hydrogen (secondary N) is 2. The van der Waals surface area contributed by atoms with Gasteiger partial charge in [-0.15, -0.1) is 0 Å². The SMILES string of the molecule is O=C1CCC(N2C(=O)c3cccc(OC/C=C/C(=O)N4CCC(NC(=O)OCc5ccccc5)CC4)c3C2=O)C(=O)N1. The monoisotopic (exact) mass is 574 g/mol. The Morgan fingerprint density at radius 3 is 2.45 bits per heavy atom. The molecule has 5 rings (SSSR count). The molecular formula is C30H30N4O8. The number of hydrogen-bond acceptors (Lipinski definition) is 8. The molecule has 0 saturated carbocycles. The molecule has 0 spiro atoms. The number of hydrogen-bond donors (Lipinski definition) is 2. The van der Waals surface area contributed by atoms with E-state index in [-0.39, 0.29) is 54.9 Å². The summed E-state index contributed by atoms with van der Waals surface area (Å²) in [5, 5.41) is 5.01. The fourth-order valence-electron chi connectivity index (χ4n) is 5.17. The molecule has 0 bridgehead atoms. The number of rotatable bonds is 8. The Morgan fingerprint density at radius 1 is 0.952 bits per heavy atom. The Morgan fingerprint density at radius 2 is 1.71 bits per heavy atom. The van der Waals surface area contributed by atoms with Crippen molar-refractivity contribution in [1.82, 2.24) is 20.4 Å². The second-order valence-electron chi connectivity index (χ2n) is 10.1. The highest BCUT2D eigenvalue weighted by molar-refractivity contribution is 6.24. The average molecular weight is 575 g/mol. The lowest BCUT2D eigenvalue weighted by Gasteiger charge is -2.31. The van der Waals surface area contributed by atoms with Crippen LogP contribution in [0.25, 0.3) is 0 Å². The first kappa shape index (κ1) is 28.5. The van der Waals surface area contributed by atoms with Crippen LogP contribution in [-0.2, 0) is 25.7 Å². The Kier molecular flexibility index (Phi) is 8.60. The molecule has 3 heterocycles. The van der Waals surface area contributed by atoms with Gasteiger partial charge in [0, 0.05) is 31.6 Å². The number of carbonyl (C=O) groups is 6. The molecule has 0 radical (unpaired) electrons. The summed E-state index contributed by atoms with van der Waals surface area (Å²) in [6.07, 6.45) is 3.68. The zero-order valence-corrected chi connectivity index (χ0v) is 22.7. The molecule has 12 nitrogen and oxygen atoms in total. The first-order valence-electron chi connectivity index (χ1n) is 13.7. The minimum absolute atomic E-state index is 0.0292. The van der Waals surface area contributed by atoms with Gasteiger partial charge in [-0.05, 0) is 43.0 Å². The van der Waals surface area contributed by atoms with Gasteiger partial charge in [0.2, 0.25) is 17.7 Å². The third-order valence-corrected chi connectivity index (χ3v) is 7.37. The van der Waals surface area contributed by atoms with E-state index in [4.69, 9.17) is 9.47 Å². The van der Waals surface area contributed by atoms with Crippen molar-refractivity contribution < 1.29 is 38.2 Å². The lowest BCUT2D eigenvalue weighted by molar-refractivity contribution is -0.136. The fourth-order valence-corrected chi connectivity index (χ4v) is 5.17. The van der Waals surface area contributed by atoms with Gasteiger partial charge in [-0.25, -0.2) is 4.79 Å². The lowest BCUT2D eigenvalue weighted by Crippen LogP contribution is -2.54. The topological polar surface area (TPSA) is 151 Å². The molecule has 3 aliphatic heterocycles. The van der Waals surface area contributed by atoms with Crippen molar-refractivity contribution in [2.75, 3.05) is 19.7 Å². The lowest BCUT2D eigenvalue weighted by atomic mass is 10.0. The molecule has 2 aromatic carbocycles. The average Bonchev–Trinajstić information content (AvgIpc) is 3.25. The van der Waals surface area contributed by atoms with E-state index >= 15 is 0 Å². The number of nitrogens with zero attached hydrogens (tertiary/aromatic N) is 2. The molecule has 3 aliphatic rings. The van der Waals surface area contributed by atoms with E-state index in [0.717, 1.165) is 10.5 Å². The van der Waals surface area contributed by atoms with Gasteiger partial charge in [0.1, 0.15) is 25.0 Å². The second-order valence-corrected chi connectivity index (χ2v) is 10.1. The first-order valence-corrected chi connectivity index (χ1v) is 13.7. The molecule has 2 fully saturated rings. The van der Waals surface area contributed by atoms with Crippen LogP contribution in [0.15, 0.2) is 60.7 Å². The number of benzene rings is 2. The molecule has 0 aromatic heterocycles. The zero-order valence-electron chi connectivity index (χ0n) is 22.7. The molecule has 1 unspecified atom stereocenters. The third-order valence-electron chi connectivity index (χ3n) is 7.37. The smallest absolute Gasteiger partial charge is 0.407 e. The molecular weight excluding hydrogens is 544 g/mol. The van der Waals surface area contributed by atoms with Crippen LogP contribution >= 0.6 is 0 Å². The highest BCUT2D eigenvalue weighted by atomic mass is 16.5. The second kappa shape index (κ2) is 12.7. The molecule has 2 saturated heterocycles. The number of ether oxygens (including phenoxy) is 2. The summed E-state index contributed by atoms with van der Waals surface area (Å²) in [6.45, 7) is 1.08. The van der Waals surface area contributed by atoms with Crippen molar-refractivity contribution in [2.24, 2.45) is 0 Å². The number of alkyl carbamates (subject to hydrolysis) is 1. The Hall–Kier alpha value is -5.00. The Balaban J connectivity index is 1.08. The van der Waals surface area contributed by atoms with Crippen molar-refractivity contribution >= 4 is 35.6 Å². The van der Waals surface area contributed by atoms with Gasteiger partial charge in [-0.1, -0.05) is 36.4 Å². The first-order chi connectivity index (χ1) is 20.3. The summed E-state index contributed by atoms with van der Waals surface area (Å²) < 4.78 is 11.0. The van der Waals surface area contributed by atoms with Crippen molar-refractivity contribution in [1.29, 1.82) is 0 Å². The van der Waals surface area contributed by atoms with Crippen molar-refractivity contribution in [2.45, 2.75) is 44.4 Å². The maximum Gasteiger partial charge on any atom is 0.407 e. The van der Waals surface area contributed by atoms with E-state index in [0.29, 0.717) is 25.9 Å². The Labute approximate surface area is 241 Å². The van der Waals surface area contributed by atoms with Gasteiger partial charge in [-0.2, -0.15) is 0 Å². The van der Waals surface area contributed by atoms with E-state index < -0.39 is 35.8 Å². The van der Waals surface area contributed by atoms with Crippen molar-refractivity contribution in [3.63, 3.8) is 0 Å². The summed E-state index contributed by atoms with van der Waals surface area (Å²) in [5.41, 5.74) is 1.06. The zero-order chi connectivity index (χ0) is 29.6. The summed E-state index contributed by atoms with van der Waals surface area (Å²) in [5.74, 6) is -2.48. The van der Waals surface area contributed by atoms with E-state index in [1.54, 1.807) is 11.0 Å². The summed E-state index contributed by atoms with van der Waals surface area (Å²) in [4.78, 5) is 77.2. The van der Waals surface area contributed by atoms with Gasteiger partial charge in [0.25, 0.3) is 11.8 Å².